The van der Waals surface area contributed by atoms with Gasteiger partial charge in [0.2, 0.25) is 15.9 Å². The summed E-state index contributed by atoms with van der Waals surface area (Å²) in [5.41, 5.74) is -0.633. The molecule has 1 rings (SSSR count). The van der Waals surface area contributed by atoms with Crippen LogP contribution in [0.25, 0.3) is 0 Å². The molecule has 1 aliphatic rings. The fraction of sp³-hybridized carbons (Fsp3) is 0.875. The van der Waals surface area contributed by atoms with Crippen molar-refractivity contribution in [2.45, 2.75) is 19.4 Å². The summed E-state index contributed by atoms with van der Waals surface area (Å²) in [6.45, 7) is 8.42. The lowest BCUT2D eigenvalue weighted by atomic mass is 10.1. The SMILES string of the molecule is CN=C(NCC(C)(C)NS(C)(=O)=O)N1CCN(CC(=O)NCCOC)CC1.I. The van der Waals surface area contributed by atoms with E-state index in [9.17, 15) is 13.2 Å². The van der Waals surface area contributed by atoms with E-state index in [4.69, 9.17) is 4.74 Å². The van der Waals surface area contributed by atoms with Crippen LogP contribution >= 0.6 is 24.0 Å². The first-order chi connectivity index (χ1) is 12.6. The van der Waals surface area contributed by atoms with Crippen LogP contribution in [0.5, 0.6) is 0 Å². The van der Waals surface area contributed by atoms with Crippen molar-refractivity contribution >= 4 is 45.9 Å². The number of carbonyl (C=O) groups excluding carboxylic acids is 1. The first-order valence-corrected chi connectivity index (χ1v) is 10.9. The Kier molecular flexibility index (Phi) is 12.5. The van der Waals surface area contributed by atoms with Crippen molar-refractivity contribution in [3.63, 3.8) is 0 Å². The molecule has 10 nitrogen and oxygen atoms in total. The molecule has 0 saturated carbocycles. The predicted octanol–water partition coefficient (Wildman–Crippen LogP) is -1.11. The van der Waals surface area contributed by atoms with Crippen LogP contribution in [0.1, 0.15) is 13.8 Å². The quantitative estimate of drug-likeness (QED) is 0.149. The number of carbonyl (C=O) groups is 1. The van der Waals surface area contributed by atoms with Crippen LogP contribution in [0.4, 0.5) is 0 Å². The number of guanidine groups is 1. The predicted molar refractivity (Wildman–Crippen MR) is 122 cm³/mol. The Bertz CT molecular complexity index is 606. The molecule has 1 amide bonds. The van der Waals surface area contributed by atoms with Crippen LogP contribution in [0.3, 0.4) is 0 Å². The minimum atomic E-state index is -3.28. The number of hydrogen-bond acceptors (Lipinski definition) is 6. The summed E-state index contributed by atoms with van der Waals surface area (Å²) in [6, 6.07) is 0. The molecule has 1 aliphatic heterocycles. The summed E-state index contributed by atoms with van der Waals surface area (Å²) in [7, 11) is 0.0206. The van der Waals surface area contributed by atoms with Crippen LogP contribution in [-0.4, -0.2) is 108 Å². The number of nitrogens with one attached hydrogen (secondary N) is 3. The van der Waals surface area contributed by atoms with Gasteiger partial charge >= 0.3 is 0 Å². The molecule has 166 valence electrons. The standard InChI is InChI=1S/C16H34N6O4S.HI/c1-16(2,20-27(5,24)25)13-19-15(17-3)22-9-7-21(8-10-22)12-14(23)18-6-11-26-4;/h20H,6-13H2,1-5H3,(H,17,19)(H,18,23);1H. The summed E-state index contributed by atoms with van der Waals surface area (Å²) in [5, 5.41) is 6.05. The van der Waals surface area contributed by atoms with Gasteiger partial charge in [-0.25, -0.2) is 13.1 Å². The Hall–Kier alpha value is -0.700. The summed E-state index contributed by atoms with van der Waals surface area (Å²) >= 11 is 0. The first kappa shape index (κ1) is 27.3. The number of sulfonamides is 1. The van der Waals surface area contributed by atoms with Crippen LogP contribution in [-0.2, 0) is 19.6 Å². The summed E-state index contributed by atoms with van der Waals surface area (Å²) in [6.07, 6.45) is 1.15. The van der Waals surface area contributed by atoms with Gasteiger partial charge in [0.1, 0.15) is 0 Å². The molecular formula is C16H35IN6O4S. The van der Waals surface area contributed by atoms with E-state index in [-0.39, 0.29) is 29.9 Å². The van der Waals surface area contributed by atoms with Crippen molar-refractivity contribution in [2.75, 3.05) is 72.8 Å². The summed E-state index contributed by atoms with van der Waals surface area (Å²) < 4.78 is 30.4. The molecule has 1 fully saturated rings. The minimum Gasteiger partial charge on any atom is -0.383 e. The maximum absolute atomic E-state index is 11.9. The molecule has 0 bridgehead atoms. The Balaban J connectivity index is 0.00000729. The fourth-order valence-corrected chi connectivity index (χ4v) is 3.92. The van der Waals surface area contributed by atoms with E-state index >= 15 is 0 Å². The fourth-order valence-electron chi connectivity index (χ4n) is 2.84. The second kappa shape index (κ2) is 12.8. The molecule has 12 heteroatoms. The molecule has 0 unspecified atom stereocenters. The second-order valence-corrected chi connectivity index (χ2v) is 9.01. The molecule has 1 heterocycles. The molecule has 0 aromatic rings. The highest BCUT2D eigenvalue weighted by molar-refractivity contribution is 14.0. The van der Waals surface area contributed by atoms with Crippen LogP contribution in [0, 0.1) is 0 Å². The first-order valence-electron chi connectivity index (χ1n) is 8.99. The molecule has 0 atom stereocenters. The zero-order chi connectivity index (χ0) is 20.5. The lowest BCUT2D eigenvalue weighted by Gasteiger charge is -2.37. The van der Waals surface area contributed by atoms with E-state index in [0.29, 0.717) is 26.2 Å². The van der Waals surface area contributed by atoms with Crippen LogP contribution in [0.15, 0.2) is 4.99 Å². The molecule has 0 aromatic carbocycles. The van der Waals surface area contributed by atoms with E-state index in [0.717, 1.165) is 38.4 Å². The highest BCUT2D eigenvalue weighted by Crippen LogP contribution is 2.05. The van der Waals surface area contributed by atoms with Crippen LogP contribution in [0.2, 0.25) is 0 Å². The zero-order valence-electron chi connectivity index (χ0n) is 17.4. The van der Waals surface area contributed by atoms with Gasteiger partial charge in [-0.05, 0) is 13.8 Å². The maximum Gasteiger partial charge on any atom is 0.234 e. The Morgan fingerprint density at radius 1 is 1.18 bits per heavy atom. The average Bonchev–Trinajstić information content (AvgIpc) is 2.55. The third-order valence-corrected chi connectivity index (χ3v) is 4.95. The van der Waals surface area contributed by atoms with Gasteiger partial charge in [0.25, 0.3) is 0 Å². The molecule has 0 radical (unpaired) electrons. The number of amides is 1. The van der Waals surface area contributed by atoms with Gasteiger partial charge in [-0.3, -0.25) is 14.7 Å². The van der Waals surface area contributed by atoms with Gasteiger partial charge in [-0.1, -0.05) is 0 Å². The number of methoxy groups -OCH3 is 1. The minimum absolute atomic E-state index is 0. The van der Waals surface area contributed by atoms with Gasteiger partial charge in [-0.15, -0.1) is 24.0 Å². The largest absolute Gasteiger partial charge is 0.383 e. The highest BCUT2D eigenvalue weighted by Gasteiger charge is 2.25. The topological polar surface area (TPSA) is 115 Å². The maximum atomic E-state index is 11.9. The smallest absolute Gasteiger partial charge is 0.234 e. The number of ether oxygens (including phenoxy) is 1. The third-order valence-electron chi connectivity index (χ3n) is 4.03. The summed E-state index contributed by atoms with van der Waals surface area (Å²) in [5.74, 6) is 0.721. The number of halogens is 1. The molecule has 0 aromatic heterocycles. The second-order valence-electron chi connectivity index (χ2n) is 7.26. The normalized spacial score (nSPS) is 16.5. The van der Waals surface area contributed by atoms with Crippen molar-refractivity contribution in [1.29, 1.82) is 0 Å². The molecule has 0 aliphatic carbocycles. The van der Waals surface area contributed by atoms with Crippen molar-refractivity contribution in [3.05, 3.63) is 0 Å². The zero-order valence-corrected chi connectivity index (χ0v) is 20.6. The number of aliphatic imine (C=N–C) groups is 1. The monoisotopic (exact) mass is 534 g/mol. The molecule has 28 heavy (non-hydrogen) atoms. The van der Waals surface area contributed by atoms with Gasteiger partial charge in [0, 0.05) is 59.0 Å². The van der Waals surface area contributed by atoms with Crippen molar-refractivity contribution < 1.29 is 17.9 Å². The molecular weight excluding hydrogens is 499 g/mol. The van der Waals surface area contributed by atoms with E-state index in [1.165, 1.54) is 0 Å². The van der Waals surface area contributed by atoms with Gasteiger partial charge < -0.3 is 20.3 Å². The number of piperazine rings is 1. The highest BCUT2D eigenvalue weighted by atomic mass is 127. The van der Waals surface area contributed by atoms with E-state index in [2.05, 4.69) is 30.1 Å². The third kappa shape index (κ3) is 11.3. The van der Waals surface area contributed by atoms with Crippen molar-refractivity contribution in [2.24, 2.45) is 4.99 Å². The average molecular weight is 534 g/mol. The Morgan fingerprint density at radius 3 is 2.29 bits per heavy atom. The van der Waals surface area contributed by atoms with E-state index < -0.39 is 15.6 Å². The number of hydrogen-bond donors (Lipinski definition) is 3. The van der Waals surface area contributed by atoms with Crippen LogP contribution < -0.4 is 15.4 Å². The molecule has 3 N–H and O–H groups in total. The number of rotatable bonds is 9. The van der Waals surface area contributed by atoms with Crippen molar-refractivity contribution in [3.8, 4) is 0 Å². The molecule has 0 spiro atoms. The lowest BCUT2D eigenvalue weighted by molar-refractivity contribution is -0.122. The Labute approximate surface area is 185 Å². The summed E-state index contributed by atoms with van der Waals surface area (Å²) in [4.78, 5) is 20.4. The Morgan fingerprint density at radius 2 is 1.79 bits per heavy atom. The van der Waals surface area contributed by atoms with E-state index in [1.54, 1.807) is 14.2 Å². The van der Waals surface area contributed by atoms with Gasteiger partial charge in [-0.2, -0.15) is 0 Å². The number of nitrogens with zero attached hydrogens (tertiary/aromatic N) is 3. The molecule has 1 saturated heterocycles. The van der Waals surface area contributed by atoms with Gasteiger partial charge in [0.15, 0.2) is 5.96 Å². The lowest BCUT2D eigenvalue weighted by Crippen LogP contribution is -2.57. The van der Waals surface area contributed by atoms with Crippen molar-refractivity contribution in [1.82, 2.24) is 25.2 Å². The van der Waals surface area contributed by atoms with Gasteiger partial charge in [0.05, 0.1) is 19.4 Å². The van der Waals surface area contributed by atoms with E-state index in [1.807, 2.05) is 13.8 Å².